The summed E-state index contributed by atoms with van der Waals surface area (Å²) in [6.45, 7) is 2.10. The second kappa shape index (κ2) is 4.20. The Bertz CT molecular complexity index is 110. The molecule has 0 aromatic rings. The van der Waals surface area contributed by atoms with Gasteiger partial charge in [-0.25, -0.2) is 0 Å². The molecular weight excluding hydrogens is 104 g/mol. The number of terminal acetylenes is 1. The Labute approximate surface area is 48.8 Å². The molecule has 43 valence electrons. The lowest BCUT2D eigenvalue weighted by molar-refractivity contribution is -0.138. The second-order valence-electron chi connectivity index (χ2n) is 1.06. The first-order chi connectivity index (χ1) is 3.81. The molecule has 0 aromatic heterocycles. The van der Waals surface area contributed by atoms with Crippen molar-refractivity contribution in [1.29, 1.82) is 0 Å². The molecule has 2 heteroatoms. The van der Waals surface area contributed by atoms with E-state index in [-0.39, 0.29) is 0 Å². The third-order valence-electron chi connectivity index (χ3n) is 0.488. The van der Waals surface area contributed by atoms with Gasteiger partial charge in [0.15, 0.2) is 0 Å². The maximum Gasteiger partial charge on any atom is 0.323 e. The fourth-order valence-electron chi connectivity index (χ4n) is 0.252. The van der Waals surface area contributed by atoms with Crippen LogP contribution >= 0.6 is 0 Å². The van der Waals surface area contributed by atoms with Gasteiger partial charge in [0.1, 0.15) is 6.42 Å². The van der Waals surface area contributed by atoms with Crippen LogP contribution in [0.4, 0.5) is 0 Å². The zero-order valence-electron chi connectivity index (χ0n) is 4.68. The molecule has 8 heavy (non-hydrogen) atoms. The normalized spacial score (nSPS) is 7.50. The van der Waals surface area contributed by atoms with E-state index in [1.807, 2.05) is 0 Å². The highest BCUT2D eigenvalue weighted by atomic mass is 16.5. The van der Waals surface area contributed by atoms with E-state index in [0.717, 1.165) is 6.42 Å². The molecule has 0 amide bonds. The van der Waals surface area contributed by atoms with Crippen molar-refractivity contribution in [3.8, 4) is 12.3 Å². The number of rotatable bonds is 2. The van der Waals surface area contributed by atoms with Gasteiger partial charge in [0.2, 0.25) is 0 Å². The van der Waals surface area contributed by atoms with Crippen molar-refractivity contribution in [1.82, 2.24) is 0 Å². The van der Waals surface area contributed by atoms with E-state index in [9.17, 15) is 4.79 Å². The largest absolute Gasteiger partial charge is 0.465 e. The smallest absolute Gasteiger partial charge is 0.323 e. The molecule has 0 fully saturated rings. The van der Waals surface area contributed by atoms with E-state index in [4.69, 9.17) is 6.42 Å². The highest BCUT2D eigenvalue weighted by molar-refractivity contribution is 5.82. The zero-order valence-corrected chi connectivity index (χ0v) is 4.68. The Morgan fingerprint density at radius 1 is 2.00 bits per heavy atom. The molecule has 0 saturated heterocycles. The summed E-state index contributed by atoms with van der Waals surface area (Å²) in [6, 6.07) is 0. The van der Waals surface area contributed by atoms with Crippen LogP contribution in [0, 0.1) is 18.8 Å². The molecule has 0 heterocycles. The molecule has 0 aliphatic heterocycles. The van der Waals surface area contributed by atoms with Crippen molar-refractivity contribution in [2.24, 2.45) is 0 Å². The lowest BCUT2D eigenvalue weighted by Gasteiger charge is -1.93. The van der Waals surface area contributed by atoms with Gasteiger partial charge < -0.3 is 4.74 Å². The van der Waals surface area contributed by atoms with Crippen molar-refractivity contribution in [2.45, 2.75) is 6.92 Å². The summed E-state index contributed by atoms with van der Waals surface area (Å²) in [4.78, 5) is 10.2. The first-order valence-electron chi connectivity index (χ1n) is 2.27. The van der Waals surface area contributed by atoms with Gasteiger partial charge in [-0.05, 0) is 6.92 Å². The average Bonchev–Trinajstić information content (AvgIpc) is 1.68. The fourth-order valence-corrected chi connectivity index (χ4v) is 0.252. The van der Waals surface area contributed by atoms with Gasteiger partial charge in [-0.3, -0.25) is 4.79 Å². The summed E-state index contributed by atoms with van der Waals surface area (Å²) in [5, 5.41) is 0. The van der Waals surface area contributed by atoms with Crippen molar-refractivity contribution in [3.05, 3.63) is 6.42 Å². The molecule has 0 atom stereocenters. The minimum atomic E-state index is -0.449. The Morgan fingerprint density at radius 2 is 2.62 bits per heavy atom. The van der Waals surface area contributed by atoms with Crippen molar-refractivity contribution in [3.63, 3.8) is 0 Å². The van der Waals surface area contributed by atoms with E-state index < -0.39 is 5.97 Å². The Kier molecular flexibility index (Phi) is 3.69. The molecule has 0 aliphatic carbocycles. The minimum absolute atomic E-state index is 0.372. The standard InChI is InChI=1S/C6H7O2/c1-3-5-6(7)8-4-2/h1,5H,4H2,2H3. The molecule has 0 spiro atoms. The SMILES string of the molecule is C#C[CH]C(=O)OCC. The summed E-state index contributed by atoms with van der Waals surface area (Å²) in [7, 11) is 0. The average molecular weight is 111 g/mol. The predicted molar refractivity (Wildman–Crippen MR) is 29.8 cm³/mol. The molecule has 0 saturated carbocycles. The van der Waals surface area contributed by atoms with Crippen LogP contribution < -0.4 is 0 Å². The molecule has 0 aliphatic rings. The van der Waals surface area contributed by atoms with Gasteiger partial charge in [-0.1, -0.05) is 5.92 Å². The van der Waals surface area contributed by atoms with Gasteiger partial charge >= 0.3 is 5.97 Å². The molecule has 0 N–H and O–H groups in total. The van der Waals surface area contributed by atoms with Crippen LogP contribution in [0.2, 0.25) is 0 Å². The summed E-state index contributed by atoms with van der Waals surface area (Å²) in [5.74, 6) is 1.60. The first-order valence-corrected chi connectivity index (χ1v) is 2.27. The number of hydrogen-bond donors (Lipinski definition) is 0. The topological polar surface area (TPSA) is 26.3 Å². The van der Waals surface area contributed by atoms with Gasteiger partial charge in [0, 0.05) is 0 Å². The maximum absolute atomic E-state index is 10.2. The van der Waals surface area contributed by atoms with Crippen LogP contribution in [0.5, 0.6) is 0 Å². The molecule has 0 rings (SSSR count). The minimum Gasteiger partial charge on any atom is -0.465 e. The Balaban J connectivity index is 3.23. The van der Waals surface area contributed by atoms with Gasteiger partial charge in [0.25, 0.3) is 0 Å². The first kappa shape index (κ1) is 7.03. The second-order valence-corrected chi connectivity index (χ2v) is 1.06. The summed E-state index contributed by atoms with van der Waals surface area (Å²) >= 11 is 0. The maximum atomic E-state index is 10.2. The summed E-state index contributed by atoms with van der Waals surface area (Å²) in [6.07, 6.45) is 5.80. The van der Waals surface area contributed by atoms with Crippen LogP contribution in [-0.2, 0) is 9.53 Å². The predicted octanol–water partition coefficient (Wildman–Crippen LogP) is 0.387. The molecule has 0 bridgehead atoms. The van der Waals surface area contributed by atoms with Crippen LogP contribution in [-0.4, -0.2) is 12.6 Å². The van der Waals surface area contributed by atoms with Gasteiger partial charge in [-0.15, -0.1) is 6.42 Å². The molecule has 0 unspecified atom stereocenters. The van der Waals surface area contributed by atoms with Crippen LogP contribution in [0.25, 0.3) is 0 Å². The zero-order chi connectivity index (χ0) is 6.41. The van der Waals surface area contributed by atoms with Crippen molar-refractivity contribution in [2.75, 3.05) is 6.61 Å². The number of hydrogen-bond acceptors (Lipinski definition) is 2. The fraction of sp³-hybridized carbons (Fsp3) is 0.333. The summed E-state index contributed by atoms with van der Waals surface area (Å²) in [5.41, 5.74) is 0. The van der Waals surface area contributed by atoms with Crippen LogP contribution in [0.15, 0.2) is 0 Å². The molecular formula is C6H7O2. The van der Waals surface area contributed by atoms with Crippen LogP contribution in [0.1, 0.15) is 6.92 Å². The highest BCUT2D eigenvalue weighted by Crippen LogP contribution is 1.79. The summed E-state index contributed by atoms with van der Waals surface area (Å²) < 4.78 is 4.45. The molecule has 2 nitrogen and oxygen atoms in total. The van der Waals surface area contributed by atoms with E-state index >= 15 is 0 Å². The quantitative estimate of drug-likeness (QED) is 0.380. The third kappa shape index (κ3) is 3.23. The molecule has 1 radical (unpaired) electrons. The number of carbonyl (C=O) groups excluding carboxylic acids is 1. The molecule has 0 aromatic carbocycles. The monoisotopic (exact) mass is 111 g/mol. The Morgan fingerprint density at radius 3 is 3.00 bits per heavy atom. The number of ether oxygens (including phenoxy) is 1. The van der Waals surface area contributed by atoms with E-state index in [1.165, 1.54) is 0 Å². The Hall–Kier alpha value is -0.970. The van der Waals surface area contributed by atoms with Gasteiger partial charge in [0.05, 0.1) is 6.61 Å². The van der Waals surface area contributed by atoms with Crippen molar-refractivity contribution < 1.29 is 9.53 Å². The number of esters is 1. The van der Waals surface area contributed by atoms with E-state index in [0.29, 0.717) is 6.61 Å². The third-order valence-corrected chi connectivity index (χ3v) is 0.488. The van der Waals surface area contributed by atoms with E-state index in [2.05, 4.69) is 10.7 Å². The highest BCUT2D eigenvalue weighted by Gasteiger charge is 1.95. The van der Waals surface area contributed by atoms with E-state index in [1.54, 1.807) is 6.92 Å². The number of carbonyl (C=O) groups is 1. The lowest BCUT2D eigenvalue weighted by Crippen LogP contribution is -2.02. The van der Waals surface area contributed by atoms with Gasteiger partial charge in [-0.2, -0.15) is 0 Å². The van der Waals surface area contributed by atoms with Crippen molar-refractivity contribution >= 4 is 5.97 Å². The van der Waals surface area contributed by atoms with Crippen LogP contribution in [0.3, 0.4) is 0 Å². The lowest BCUT2D eigenvalue weighted by atomic mass is 10.5.